The van der Waals surface area contributed by atoms with Crippen molar-refractivity contribution in [1.29, 1.82) is 0 Å². The molecule has 0 radical (unpaired) electrons. The van der Waals surface area contributed by atoms with Crippen molar-refractivity contribution in [1.82, 2.24) is 4.90 Å². The first-order chi connectivity index (χ1) is 10.6. The van der Waals surface area contributed by atoms with Gasteiger partial charge in [-0.1, -0.05) is 29.3 Å². The molecule has 1 atom stereocenters. The van der Waals surface area contributed by atoms with Crippen LogP contribution >= 0.6 is 23.2 Å². The Hall–Kier alpha value is -1.30. The number of ether oxygens (including phenoxy) is 1. The fourth-order valence-corrected chi connectivity index (χ4v) is 3.48. The standard InChI is InChI=1S/C15H16Cl2N2O3/c16-11-2-1-3-12(17)14(11)19-9-10(8-13(19)20)15(21)18-4-6-22-7-5-18/h1-3,10H,4-9H2. The van der Waals surface area contributed by atoms with Gasteiger partial charge in [-0.05, 0) is 12.1 Å². The molecule has 118 valence electrons. The molecule has 2 amide bonds. The SMILES string of the molecule is O=C(C1CC(=O)N(c2c(Cl)cccc2Cl)C1)N1CCOCC1. The normalized spacial score (nSPS) is 22.3. The Balaban J connectivity index is 1.77. The zero-order valence-corrected chi connectivity index (χ0v) is 13.4. The maximum Gasteiger partial charge on any atom is 0.228 e. The summed E-state index contributed by atoms with van der Waals surface area (Å²) < 4.78 is 5.25. The summed E-state index contributed by atoms with van der Waals surface area (Å²) in [5, 5.41) is 0.834. The molecular weight excluding hydrogens is 327 g/mol. The third kappa shape index (κ3) is 2.93. The van der Waals surface area contributed by atoms with Crippen LogP contribution < -0.4 is 4.90 Å². The van der Waals surface area contributed by atoms with Crippen LogP contribution in [0.4, 0.5) is 5.69 Å². The molecule has 2 heterocycles. The van der Waals surface area contributed by atoms with E-state index in [4.69, 9.17) is 27.9 Å². The number of amides is 2. The van der Waals surface area contributed by atoms with E-state index in [0.717, 1.165) is 0 Å². The second kappa shape index (κ2) is 6.44. The van der Waals surface area contributed by atoms with Gasteiger partial charge in [-0.25, -0.2) is 0 Å². The van der Waals surface area contributed by atoms with E-state index in [0.29, 0.717) is 48.6 Å². The van der Waals surface area contributed by atoms with Crippen molar-refractivity contribution in [2.75, 3.05) is 37.7 Å². The Labute approximate surface area is 138 Å². The molecule has 7 heteroatoms. The lowest BCUT2D eigenvalue weighted by molar-refractivity contribution is -0.139. The molecule has 2 aliphatic heterocycles. The minimum Gasteiger partial charge on any atom is -0.378 e. The van der Waals surface area contributed by atoms with E-state index in [2.05, 4.69) is 0 Å². The fraction of sp³-hybridized carbons (Fsp3) is 0.467. The summed E-state index contributed by atoms with van der Waals surface area (Å²) in [6, 6.07) is 5.10. The predicted molar refractivity (Wildman–Crippen MR) is 84.3 cm³/mol. The smallest absolute Gasteiger partial charge is 0.228 e. The molecule has 1 aromatic rings. The number of para-hydroxylation sites is 1. The van der Waals surface area contributed by atoms with Gasteiger partial charge >= 0.3 is 0 Å². The molecule has 2 saturated heterocycles. The number of hydrogen-bond acceptors (Lipinski definition) is 3. The highest BCUT2D eigenvalue weighted by molar-refractivity contribution is 6.40. The van der Waals surface area contributed by atoms with Crippen LogP contribution in [0.5, 0.6) is 0 Å². The number of hydrogen-bond donors (Lipinski definition) is 0. The van der Waals surface area contributed by atoms with Gasteiger partial charge in [-0.15, -0.1) is 0 Å². The number of benzene rings is 1. The van der Waals surface area contributed by atoms with Crippen molar-refractivity contribution < 1.29 is 14.3 Å². The third-order valence-electron chi connectivity index (χ3n) is 4.00. The number of anilines is 1. The van der Waals surface area contributed by atoms with Gasteiger partial charge in [0.25, 0.3) is 0 Å². The van der Waals surface area contributed by atoms with E-state index >= 15 is 0 Å². The van der Waals surface area contributed by atoms with Crippen LogP contribution in [0, 0.1) is 5.92 Å². The minimum atomic E-state index is -0.349. The first-order valence-corrected chi connectivity index (χ1v) is 7.94. The van der Waals surface area contributed by atoms with Gasteiger partial charge in [0.05, 0.1) is 34.9 Å². The quantitative estimate of drug-likeness (QED) is 0.827. The van der Waals surface area contributed by atoms with Gasteiger partial charge in [0.15, 0.2) is 0 Å². The van der Waals surface area contributed by atoms with Crippen LogP contribution in [0.15, 0.2) is 18.2 Å². The molecule has 0 spiro atoms. The molecule has 0 aromatic heterocycles. The summed E-state index contributed by atoms with van der Waals surface area (Å²) >= 11 is 12.3. The van der Waals surface area contributed by atoms with Gasteiger partial charge in [0, 0.05) is 26.1 Å². The average Bonchev–Trinajstić information content (AvgIpc) is 2.89. The summed E-state index contributed by atoms with van der Waals surface area (Å²) in [5.41, 5.74) is 0.494. The molecule has 1 aromatic carbocycles. The maximum atomic E-state index is 12.5. The molecule has 5 nitrogen and oxygen atoms in total. The lowest BCUT2D eigenvalue weighted by Gasteiger charge is -2.29. The molecule has 0 aliphatic carbocycles. The number of morpholine rings is 1. The van der Waals surface area contributed by atoms with Crippen LogP contribution in [0.25, 0.3) is 0 Å². The number of rotatable bonds is 2. The first-order valence-electron chi connectivity index (χ1n) is 7.19. The van der Waals surface area contributed by atoms with Crippen LogP contribution in [-0.2, 0) is 14.3 Å². The highest BCUT2D eigenvalue weighted by Gasteiger charge is 2.38. The average molecular weight is 343 g/mol. The number of carbonyl (C=O) groups excluding carboxylic acids is 2. The monoisotopic (exact) mass is 342 g/mol. The van der Waals surface area contributed by atoms with Gasteiger partial charge in [0.2, 0.25) is 11.8 Å². The Bertz CT molecular complexity index is 582. The second-order valence-corrected chi connectivity index (χ2v) is 6.23. The van der Waals surface area contributed by atoms with Gasteiger partial charge in [-0.3, -0.25) is 9.59 Å². The van der Waals surface area contributed by atoms with Crippen molar-refractivity contribution >= 4 is 40.7 Å². The van der Waals surface area contributed by atoms with Crippen LogP contribution in [0.2, 0.25) is 10.0 Å². The molecule has 1 unspecified atom stereocenters. The first kappa shape index (κ1) is 15.6. The molecule has 2 fully saturated rings. The topological polar surface area (TPSA) is 49.9 Å². The fourth-order valence-electron chi connectivity index (χ4n) is 2.88. The Morgan fingerprint density at radius 2 is 1.82 bits per heavy atom. The zero-order valence-electron chi connectivity index (χ0n) is 11.9. The van der Waals surface area contributed by atoms with Crippen molar-refractivity contribution in [2.24, 2.45) is 5.92 Å². The highest BCUT2D eigenvalue weighted by atomic mass is 35.5. The van der Waals surface area contributed by atoms with Crippen LogP contribution in [0.3, 0.4) is 0 Å². The summed E-state index contributed by atoms with van der Waals surface area (Å²) in [6.07, 6.45) is 0.192. The van der Waals surface area contributed by atoms with E-state index in [1.54, 1.807) is 23.1 Å². The van der Waals surface area contributed by atoms with E-state index in [1.807, 2.05) is 0 Å². The van der Waals surface area contributed by atoms with E-state index in [-0.39, 0.29) is 24.2 Å². The number of nitrogens with zero attached hydrogens (tertiary/aromatic N) is 2. The van der Waals surface area contributed by atoms with Crippen LogP contribution in [-0.4, -0.2) is 49.6 Å². The largest absolute Gasteiger partial charge is 0.378 e. The summed E-state index contributed by atoms with van der Waals surface area (Å²) in [6.45, 7) is 2.57. The highest BCUT2D eigenvalue weighted by Crippen LogP contribution is 2.37. The maximum absolute atomic E-state index is 12.5. The summed E-state index contributed by atoms with van der Waals surface area (Å²) in [7, 11) is 0. The number of carbonyl (C=O) groups is 2. The van der Waals surface area contributed by atoms with E-state index < -0.39 is 0 Å². The Morgan fingerprint density at radius 1 is 1.18 bits per heavy atom. The van der Waals surface area contributed by atoms with Gasteiger partial charge < -0.3 is 14.5 Å². The summed E-state index contributed by atoms with van der Waals surface area (Å²) in [4.78, 5) is 28.1. The zero-order chi connectivity index (χ0) is 15.7. The molecule has 0 saturated carbocycles. The Morgan fingerprint density at radius 3 is 2.45 bits per heavy atom. The second-order valence-electron chi connectivity index (χ2n) is 5.41. The lowest BCUT2D eigenvalue weighted by atomic mass is 10.1. The van der Waals surface area contributed by atoms with E-state index in [1.165, 1.54) is 4.90 Å². The lowest BCUT2D eigenvalue weighted by Crippen LogP contribution is -2.44. The van der Waals surface area contributed by atoms with Crippen LogP contribution in [0.1, 0.15) is 6.42 Å². The van der Waals surface area contributed by atoms with Gasteiger partial charge in [-0.2, -0.15) is 0 Å². The van der Waals surface area contributed by atoms with Crippen molar-refractivity contribution in [3.63, 3.8) is 0 Å². The Kier molecular flexibility index (Phi) is 4.57. The molecule has 2 aliphatic rings. The molecule has 0 bridgehead atoms. The van der Waals surface area contributed by atoms with Crippen molar-refractivity contribution in [2.45, 2.75) is 6.42 Å². The molecule has 22 heavy (non-hydrogen) atoms. The molecule has 0 N–H and O–H groups in total. The molecular formula is C15H16Cl2N2O3. The van der Waals surface area contributed by atoms with E-state index in [9.17, 15) is 9.59 Å². The minimum absolute atomic E-state index is 0.00215. The van der Waals surface area contributed by atoms with Crippen molar-refractivity contribution in [3.8, 4) is 0 Å². The van der Waals surface area contributed by atoms with Gasteiger partial charge in [0.1, 0.15) is 0 Å². The predicted octanol–water partition coefficient (Wildman–Crippen LogP) is 2.21. The summed E-state index contributed by atoms with van der Waals surface area (Å²) in [5.74, 6) is -0.470. The number of halogens is 2. The third-order valence-corrected chi connectivity index (χ3v) is 4.61. The van der Waals surface area contributed by atoms with Crippen molar-refractivity contribution in [3.05, 3.63) is 28.2 Å². The molecule has 3 rings (SSSR count).